The average molecular weight is 303 g/mol. The number of rotatable bonds is 4. The zero-order valence-electron chi connectivity index (χ0n) is 13.3. The number of nitrogens with one attached hydrogen (secondary N) is 1. The zero-order chi connectivity index (χ0) is 16.1. The van der Waals surface area contributed by atoms with Gasteiger partial charge in [0.2, 0.25) is 5.91 Å². The van der Waals surface area contributed by atoms with Crippen molar-refractivity contribution < 1.29 is 9.59 Å². The minimum absolute atomic E-state index is 0.0598. The van der Waals surface area contributed by atoms with Gasteiger partial charge >= 0.3 is 0 Å². The smallest absolute Gasteiger partial charge is 0.253 e. The van der Waals surface area contributed by atoms with E-state index < -0.39 is 0 Å². The molecule has 120 valence electrons. The van der Waals surface area contributed by atoms with E-state index in [1.165, 1.54) is 6.92 Å². The monoisotopic (exact) mass is 303 g/mol. The lowest BCUT2D eigenvalue weighted by Crippen LogP contribution is -2.45. The van der Waals surface area contributed by atoms with Crippen molar-refractivity contribution in [2.24, 2.45) is 11.7 Å². The van der Waals surface area contributed by atoms with Crippen LogP contribution in [-0.2, 0) is 11.3 Å². The number of carbonyl (C=O) groups is 2. The van der Waals surface area contributed by atoms with Gasteiger partial charge in [-0.2, -0.15) is 0 Å². The van der Waals surface area contributed by atoms with Crippen LogP contribution in [0.2, 0.25) is 0 Å². The van der Waals surface area contributed by atoms with Gasteiger partial charge < -0.3 is 16.0 Å². The molecular weight excluding hydrogens is 278 g/mol. The predicted octanol–water partition coefficient (Wildman–Crippen LogP) is 1.52. The van der Waals surface area contributed by atoms with Gasteiger partial charge in [-0.3, -0.25) is 9.59 Å². The molecule has 2 amide bonds. The first-order chi connectivity index (χ1) is 10.5. The molecular formula is C17H25N3O2. The summed E-state index contributed by atoms with van der Waals surface area (Å²) >= 11 is 0. The van der Waals surface area contributed by atoms with Crippen molar-refractivity contribution in [1.82, 2.24) is 10.2 Å². The van der Waals surface area contributed by atoms with Crippen molar-refractivity contribution in [1.29, 1.82) is 0 Å². The quantitative estimate of drug-likeness (QED) is 0.885. The second-order valence-electron chi connectivity index (χ2n) is 6.12. The molecule has 1 aromatic carbocycles. The third kappa shape index (κ3) is 4.31. The van der Waals surface area contributed by atoms with E-state index in [2.05, 4.69) is 5.32 Å². The van der Waals surface area contributed by atoms with Crippen LogP contribution in [0.3, 0.4) is 0 Å². The maximum absolute atomic E-state index is 12.6. The number of nitrogens with two attached hydrogens (primary N) is 1. The summed E-state index contributed by atoms with van der Waals surface area (Å²) in [5, 5.41) is 2.74. The highest BCUT2D eigenvalue weighted by molar-refractivity contribution is 5.94. The standard InChI is InChI=1S/C17H25N3O2/c1-12(18)16-4-3-9-20(11-16)17(22)15-7-5-14(6-8-15)10-19-13(2)21/h5-8,12,16H,3-4,9-11,18H2,1-2H3,(H,19,21)/t12-,16+/m0/s1. The molecule has 1 aromatic rings. The predicted molar refractivity (Wildman–Crippen MR) is 86.2 cm³/mol. The van der Waals surface area contributed by atoms with Crippen molar-refractivity contribution in [2.45, 2.75) is 39.3 Å². The van der Waals surface area contributed by atoms with Crippen LogP contribution in [0.4, 0.5) is 0 Å². The lowest BCUT2D eigenvalue weighted by Gasteiger charge is -2.34. The van der Waals surface area contributed by atoms with E-state index in [0.717, 1.165) is 31.5 Å². The van der Waals surface area contributed by atoms with E-state index in [-0.39, 0.29) is 17.9 Å². The Labute approximate surface area is 131 Å². The Morgan fingerprint density at radius 1 is 1.36 bits per heavy atom. The number of likely N-dealkylation sites (tertiary alicyclic amines) is 1. The molecule has 0 aromatic heterocycles. The van der Waals surface area contributed by atoms with Gasteiger partial charge in [0.25, 0.3) is 5.91 Å². The number of nitrogens with zero attached hydrogens (tertiary/aromatic N) is 1. The fourth-order valence-electron chi connectivity index (χ4n) is 2.80. The van der Waals surface area contributed by atoms with Gasteiger partial charge in [-0.25, -0.2) is 0 Å². The van der Waals surface area contributed by atoms with Gasteiger partial charge in [0.15, 0.2) is 0 Å². The second-order valence-corrected chi connectivity index (χ2v) is 6.12. The summed E-state index contributed by atoms with van der Waals surface area (Å²) in [6.45, 7) is 5.53. The first-order valence-electron chi connectivity index (χ1n) is 7.85. The SMILES string of the molecule is CC(=O)NCc1ccc(C(=O)N2CCC[C@@H]([C@H](C)N)C2)cc1. The number of hydrogen-bond donors (Lipinski definition) is 2. The van der Waals surface area contributed by atoms with Gasteiger partial charge in [-0.15, -0.1) is 0 Å². The van der Waals surface area contributed by atoms with E-state index in [1.54, 1.807) is 0 Å². The van der Waals surface area contributed by atoms with Crippen molar-refractivity contribution in [3.8, 4) is 0 Å². The Hall–Kier alpha value is -1.88. The normalized spacial score (nSPS) is 19.6. The highest BCUT2D eigenvalue weighted by Crippen LogP contribution is 2.20. The topological polar surface area (TPSA) is 75.4 Å². The molecule has 22 heavy (non-hydrogen) atoms. The molecule has 0 radical (unpaired) electrons. The Morgan fingerprint density at radius 2 is 2.05 bits per heavy atom. The Morgan fingerprint density at radius 3 is 2.64 bits per heavy atom. The maximum Gasteiger partial charge on any atom is 0.253 e. The molecule has 5 heteroatoms. The van der Waals surface area contributed by atoms with Gasteiger partial charge in [-0.1, -0.05) is 12.1 Å². The molecule has 2 rings (SSSR count). The highest BCUT2D eigenvalue weighted by atomic mass is 16.2. The van der Waals surface area contributed by atoms with Gasteiger partial charge in [0.05, 0.1) is 0 Å². The van der Waals surface area contributed by atoms with E-state index >= 15 is 0 Å². The summed E-state index contributed by atoms with van der Waals surface area (Å²) in [6.07, 6.45) is 2.11. The number of piperidine rings is 1. The molecule has 0 bridgehead atoms. The number of hydrogen-bond acceptors (Lipinski definition) is 3. The van der Waals surface area contributed by atoms with Gasteiger partial charge in [-0.05, 0) is 43.4 Å². The summed E-state index contributed by atoms with van der Waals surface area (Å²) < 4.78 is 0. The lowest BCUT2D eigenvalue weighted by atomic mass is 9.92. The Kier molecular flexibility index (Phi) is 5.55. The average Bonchev–Trinajstić information content (AvgIpc) is 2.53. The van der Waals surface area contributed by atoms with Crippen LogP contribution in [0.1, 0.15) is 42.6 Å². The van der Waals surface area contributed by atoms with E-state index in [4.69, 9.17) is 5.73 Å². The van der Waals surface area contributed by atoms with Crippen molar-refractivity contribution in [2.75, 3.05) is 13.1 Å². The van der Waals surface area contributed by atoms with Gasteiger partial charge in [0.1, 0.15) is 0 Å². The van der Waals surface area contributed by atoms with Crippen LogP contribution in [0, 0.1) is 5.92 Å². The van der Waals surface area contributed by atoms with Crippen LogP contribution < -0.4 is 11.1 Å². The van der Waals surface area contributed by atoms with E-state index in [9.17, 15) is 9.59 Å². The molecule has 1 saturated heterocycles. The summed E-state index contributed by atoms with van der Waals surface area (Å²) in [5.41, 5.74) is 7.65. The Bertz CT molecular complexity index is 525. The summed E-state index contributed by atoms with van der Waals surface area (Å²) in [4.78, 5) is 25.4. The first-order valence-corrected chi connectivity index (χ1v) is 7.85. The van der Waals surface area contributed by atoms with E-state index in [0.29, 0.717) is 18.0 Å². The molecule has 0 spiro atoms. The van der Waals surface area contributed by atoms with Crippen LogP contribution in [0.15, 0.2) is 24.3 Å². The minimum atomic E-state index is -0.0598. The van der Waals surface area contributed by atoms with Crippen LogP contribution in [0.5, 0.6) is 0 Å². The molecule has 0 unspecified atom stereocenters. The van der Waals surface area contributed by atoms with E-state index in [1.807, 2.05) is 36.1 Å². The zero-order valence-corrected chi connectivity index (χ0v) is 13.3. The number of carbonyl (C=O) groups excluding carboxylic acids is 2. The summed E-state index contributed by atoms with van der Waals surface area (Å²) in [6, 6.07) is 7.55. The van der Waals surface area contributed by atoms with Crippen LogP contribution in [0.25, 0.3) is 0 Å². The largest absolute Gasteiger partial charge is 0.352 e. The third-order valence-electron chi connectivity index (χ3n) is 4.23. The lowest BCUT2D eigenvalue weighted by molar-refractivity contribution is -0.119. The summed E-state index contributed by atoms with van der Waals surface area (Å²) in [7, 11) is 0. The molecule has 1 aliphatic heterocycles. The molecule has 0 saturated carbocycles. The molecule has 1 heterocycles. The summed E-state index contributed by atoms with van der Waals surface area (Å²) in [5.74, 6) is 0.392. The van der Waals surface area contributed by atoms with Gasteiger partial charge in [0, 0.05) is 38.2 Å². The molecule has 2 atom stereocenters. The van der Waals surface area contributed by atoms with Crippen molar-refractivity contribution >= 4 is 11.8 Å². The van der Waals surface area contributed by atoms with Crippen LogP contribution in [-0.4, -0.2) is 35.8 Å². The van der Waals surface area contributed by atoms with Crippen molar-refractivity contribution in [3.63, 3.8) is 0 Å². The fourth-order valence-corrected chi connectivity index (χ4v) is 2.80. The Balaban J connectivity index is 1.98. The molecule has 5 nitrogen and oxygen atoms in total. The van der Waals surface area contributed by atoms with Crippen LogP contribution >= 0.6 is 0 Å². The highest BCUT2D eigenvalue weighted by Gasteiger charge is 2.26. The molecule has 1 aliphatic rings. The number of benzene rings is 1. The molecule has 1 fully saturated rings. The fraction of sp³-hybridized carbons (Fsp3) is 0.529. The second kappa shape index (κ2) is 7.40. The third-order valence-corrected chi connectivity index (χ3v) is 4.23. The number of amides is 2. The van der Waals surface area contributed by atoms with Crippen molar-refractivity contribution in [3.05, 3.63) is 35.4 Å². The minimum Gasteiger partial charge on any atom is -0.352 e. The first kappa shape index (κ1) is 16.5. The maximum atomic E-state index is 12.6. The molecule has 3 N–H and O–H groups in total. The molecule has 0 aliphatic carbocycles.